The molecule has 2 heterocycles. The average molecular weight is 412 g/mol. The Hall–Kier alpha value is -3.73. The van der Waals surface area contributed by atoms with Gasteiger partial charge in [0, 0.05) is 29.9 Å². The van der Waals surface area contributed by atoms with Crippen molar-refractivity contribution in [2.24, 2.45) is 0 Å². The Morgan fingerprint density at radius 3 is 2.35 bits per heavy atom. The molecule has 3 aromatic carbocycles. The van der Waals surface area contributed by atoms with Gasteiger partial charge in [-0.2, -0.15) is 0 Å². The zero-order chi connectivity index (χ0) is 21.4. The lowest BCUT2D eigenvalue weighted by Gasteiger charge is -2.30. The molecular formula is C26H24N2O3. The molecule has 1 aliphatic heterocycles. The predicted octanol–water partition coefficient (Wildman–Crippen LogP) is 4.85. The Balaban J connectivity index is 1.61. The summed E-state index contributed by atoms with van der Waals surface area (Å²) in [7, 11) is 0. The van der Waals surface area contributed by atoms with Gasteiger partial charge in [-0.05, 0) is 48.2 Å². The molecule has 1 aliphatic rings. The van der Waals surface area contributed by atoms with Crippen LogP contribution in [0.5, 0.6) is 5.75 Å². The van der Waals surface area contributed by atoms with E-state index in [1.165, 1.54) is 17.3 Å². The number of anilines is 1. The fourth-order valence-electron chi connectivity index (χ4n) is 4.69. The Morgan fingerprint density at radius 2 is 1.65 bits per heavy atom. The van der Waals surface area contributed by atoms with Gasteiger partial charge < -0.3 is 19.7 Å². The lowest BCUT2D eigenvalue weighted by atomic mass is 10.0. The van der Waals surface area contributed by atoms with Crippen LogP contribution in [0.2, 0.25) is 0 Å². The van der Waals surface area contributed by atoms with Crippen LogP contribution in [0.3, 0.4) is 0 Å². The number of aromatic nitrogens is 1. The third kappa shape index (κ3) is 3.42. The molecule has 5 nitrogen and oxygen atoms in total. The predicted molar refractivity (Wildman–Crippen MR) is 122 cm³/mol. The lowest BCUT2D eigenvalue weighted by Crippen LogP contribution is -2.31. The Labute approximate surface area is 180 Å². The van der Waals surface area contributed by atoms with Gasteiger partial charge in [0.1, 0.15) is 11.3 Å². The fraction of sp³-hybridized carbons (Fsp3) is 0.192. The lowest BCUT2D eigenvalue weighted by molar-refractivity contribution is 0.0694. The first kappa shape index (κ1) is 19.2. The maximum Gasteiger partial charge on any atom is 0.339 e. The number of fused-ring (bicyclic) bond motifs is 3. The van der Waals surface area contributed by atoms with Gasteiger partial charge in [0.05, 0.1) is 12.1 Å². The maximum absolute atomic E-state index is 11.6. The van der Waals surface area contributed by atoms with E-state index in [0.29, 0.717) is 5.39 Å². The Bertz CT molecular complexity index is 1250. The van der Waals surface area contributed by atoms with Gasteiger partial charge in [0.25, 0.3) is 0 Å². The zero-order valence-corrected chi connectivity index (χ0v) is 17.2. The molecule has 31 heavy (non-hydrogen) atoms. The summed E-state index contributed by atoms with van der Waals surface area (Å²) in [4.78, 5) is 14.0. The van der Waals surface area contributed by atoms with Crippen molar-refractivity contribution in [3.63, 3.8) is 0 Å². The smallest absolute Gasteiger partial charge is 0.339 e. The number of benzene rings is 3. The minimum atomic E-state index is -1.10. The minimum Gasteiger partial charge on any atom is -0.506 e. The highest BCUT2D eigenvalue weighted by atomic mass is 16.4. The van der Waals surface area contributed by atoms with Gasteiger partial charge >= 0.3 is 5.97 Å². The van der Waals surface area contributed by atoms with Crippen LogP contribution in [0.4, 0.5) is 5.69 Å². The molecule has 5 rings (SSSR count). The molecule has 0 aliphatic carbocycles. The molecule has 0 fully saturated rings. The summed E-state index contributed by atoms with van der Waals surface area (Å²) in [6.45, 7) is 2.32. The summed E-state index contributed by atoms with van der Waals surface area (Å²) < 4.78 is 2.26. The quantitative estimate of drug-likeness (QED) is 0.492. The van der Waals surface area contributed by atoms with Crippen LogP contribution in [-0.4, -0.2) is 27.3 Å². The van der Waals surface area contributed by atoms with Crippen molar-refractivity contribution in [1.29, 1.82) is 0 Å². The number of hydrogen-bond donors (Lipinski definition) is 2. The molecule has 0 saturated carbocycles. The monoisotopic (exact) mass is 412 g/mol. The van der Waals surface area contributed by atoms with E-state index in [0.717, 1.165) is 49.2 Å². The molecular weight excluding hydrogens is 388 g/mol. The van der Waals surface area contributed by atoms with Crippen molar-refractivity contribution >= 4 is 22.6 Å². The van der Waals surface area contributed by atoms with E-state index in [2.05, 4.69) is 33.7 Å². The molecule has 0 spiro atoms. The summed E-state index contributed by atoms with van der Waals surface area (Å²) in [5.41, 5.74) is 5.50. The number of carbonyl (C=O) groups is 1. The van der Waals surface area contributed by atoms with Gasteiger partial charge in [-0.15, -0.1) is 0 Å². The number of hydrogen-bond acceptors (Lipinski definition) is 3. The van der Waals surface area contributed by atoms with Crippen LogP contribution in [0.1, 0.15) is 27.2 Å². The fourth-order valence-corrected chi connectivity index (χ4v) is 4.69. The van der Waals surface area contributed by atoms with Gasteiger partial charge in [-0.1, -0.05) is 48.5 Å². The highest BCUT2D eigenvalue weighted by Gasteiger charge is 2.27. The maximum atomic E-state index is 11.6. The average Bonchev–Trinajstić information content (AvgIpc) is 3.12. The second-order valence-electron chi connectivity index (χ2n) is 7.98. The minimum absolute atomic E-state index is 0.0407. The standard InChI is InChI=1S/C26H24N2O3/c29-25-21(26(30)31)11-12-22-24(25)20-14-15-27(19-9-5-2-6-10-19)17-23(20)28(22)16-13-18-7-3-1-4-8-18/h1-12,29H,13-17H2,(H,30,31). The van der Waals surface area contributed by atoms with Crippen molar-refractivity contribution in [3.8, 4) is 5.75 Å². The highest BCUT2D eigenvalue weighted by molar-refractivity contribution is 6.01. The highest BCUT2D eigenvalue weighted by Crippen LogP contribution is 2.39. The van der Waals surface area contributed by atoms with E-state index in [9.17, 15) is 15.0 Å². The van der Waals surface area contributed by atoms with Crippen molar-refractivity contribution in [1.82, 2.24) is 4.57 Å². The second-order valence-corrected chi connectivity index (χ2v) is 7.98. The summed E-state index contributed by atoms with van der Waals surface area (Å²) in [6.07, 6.45) is 1.62. The van der Waals surface area contributed by atoms with Gasteiger partial charge in [-0.3, -0.25) is 0 Å². The van der Waals surface area contributed by atoms with E-state index in [-0.39, 0.29) is 11.3 Å². The van der Waals surface area contributed by atoms with Gasteiger partial charge in [0.15, 0.2) is 0 Å². The zero-order valence-electron chi connectivity index (χ0n) is 17.2. The molecule has 2 N–H and O–H groups in total. The first-order chi connectivity index (χ1) is 15.1. The van der Waals surface area contributed by atoms with E-state index in [1.54, 1.807) is 0 Å². The van der Waals surface area contributed by atoms with Crippen LogP contribution in [0, 0.1) is 0 Å². The normalized spacial score (nSPS) is 13.4. The van der Waals surface area contributed by atoms with E-state index >= 15 is 0 Å². The van der Waals surface area contributed by atoms with Gasteiger partial charge in [0.2, 0.25) is 0 Å². The summed E-state index contributed by atoms with van der Waals surface area (Å²) in [6, 6.07) is 24.0. The first-order valence-corrected chi connectivity index (χ1v) is 10.6. The Morgan fingerprint density at radius 1 is 0.935 bits per heavy atom. The molecule has 0 amide bonds. The second kappa shape index (κ2) is 7.84. The molecule has 156 valence electrons. The Kier molecular flexibility index (Phi) is 4.86. The van der Waals surface area contributed by atoms with Crippen LogP contribution in [-0.2, 0) is 25.9 Å². The molecule has 5 heteroatoms. The van der Waals surface area contributed by atoms with E-state index in [4.69, 9.17) is 0 Å². The third-order valence-corrected chi connectivity index (χ3v) is 6.21. The van der Waals surface area contributed by atoms with Crippen LogP contribution >= 0.6 is 0 Å². The number of aromatic hydroxyl groups is 1. The SMILES string of the molecule is O=C(O)c1ccc2c(c1O)c1c(n2CCc2ccccc2)CN(c2ccccc2)CC1. The van der Waals surface area contributed by atoms with Crippen LogP contribution < -0.4 is 4.90 Å². The van der Waals surface area contributed by atoms with E-state index < -0.39 is 5.97 Å². The molecule has 0 radical (unpaired) electrons. The molecule has 0 atom stereocenters. The summed E-state index contributed by atoms with van der Waals surface area (Å²) in [5, 5.41) is 21.0. The molecule has 0 saturated heterocycles. The first-order valence-electron chi connectivity index (χ1n) is 10.6. The number of para-hydroxylation sites is 1. The van der Waals surface area contributed by atoms with Gasteiger partial charge in [-0.25, -0.2) is 4.79 Å². The number of phenols is 1. The third-order valence-electron chi connectivity index (χ3n) is 6.21. The van der Waals surface area contributed by atoms with Crippen molar-refractivity contribution in [2.75, 3.05) is 11.4 Å². The largest absolute Gasteiger partial charge is 0.506 e. The molecule has 1 aromatic heterocycles. The number of carboxylic acids is 1. The van der Waals surface area contributed by atoms with Crippen LogP contribution in [0.15, 0.2) is 72.8 Å². The number of rotatable bonds is 5. The van der Waals surface area contributed by atoms with E-state index in [1.807, 2.05) is 42.5 Å². The summed E-state index contributed by atoms with van der Waals surface area (Å²) >= 11 is 0. The number of carboxylic acid groups (broad SMARTS) is 1. The molecule has 4 aromatic rings. The number of aryl methyl sites for hydroxylation is 2. The van der Waals surface area contributed by atoms with Crippen molar-refractivity contribution in [2.45, 2.75) is 25.9 Å². The number of nitrogens with zero attached hydrogens (tertiary/aromatic N) is 2. The molecule has 0 bridgehead atoms. The van der Waals surface area contributed by atoms with Crippen molar-refractivity contribution in [3.05, 3.63) is 95.2 Å². The summed E-state index contributed by atoms with van der Waals surface area (Å²) in [5.74, 6) is -1.22. The topological polar surface area (TPSA) is 65.7 Å². The van der Waals surface area contributed by atoms with Crippen molar-refractivity contribution < 1.29 is 15.0 Å². The van der Waals surface area contributed by atoms with Crippen LogP contribution in [0.25, 0.3) is 10.9 Å². The number of aromatic carboxylic acids is 1. The molecule has 0 unspecified atom stereocenters.